The van der Waals surface area contributed by atoms with E-state index in [1.165, 1.54) is 23.1 Å². The summed E-state index contributed by atoms with van der Waals surface area (Å²) in [5, 5.41) is 3.79. The van der Waals surface area contributed by atoms with Crippen LogP contribution in [0.25, 0.3) is 10.2 Å². The fourth-order valence-corrected chi connectivity index (χ4v) is 4.57. The van der Waals surface area contributed by atoms with Crippen LogP contribution in [0.15, 0.2) is 9.95 Å². The number of carbonyl (C=O) groups is 1. The lowest BCUT2D eigenvalue weighted by Gasteiger charge is -2.17. The molecule has 2 rings (SSSR count). The average molecular weight is 398 g/mol. The van der Waals surface area contributed by atoms with Gasteiger partial charge in [0.25, 0.3) is 5.56 Å². The van der Waals surface area contributed by atoms with Crippen LogP contribution in [-0.2, 0) is 16.1 Å². The highest BCUT2D eigenvalue weighted by Crippen LogP contribution is 2.30. The van der Waals surface area contributed by atoms with Gasteiger partial charge >= 0.3 is 0 Å². The van der Waals surface area contributed by atoms with Crippen LogP contribution < -0.4 is 10.9 Å². The van der Waals surface area contributed by atoms with Gasteiger partial charge in [-0.3, -0.25) is 14.2 Å². The zero-order chi connectivity index (χ0) is 19.4. The van der Waals surface area contributed by atoms with Crippen LogP contribution in [0, 0.1) is 19.8 Å². The van der Waals surface area contributed by atoms with Gasteiger partial charge in [0.15, 0.2) is 5.16 Å². The molecule has 0 saturated carbocycles. The van der Waals surface area contributed by atoms with E-state index in [4.69, 9.17) is 9.72 Å². The van der Waals surface area contributed by atoms with Crippen molar-refractivity contribution in [3.63, 3.8) is 0 Å². The van der Waals surface area contributed by atoms with Gasteiger partial charge < -0.3 is 10.1 Å². The first kappa shape index (κ1) is 20.9. The lowest BCUT2D eigenvalue weighted by molar-refractivity contribution is -0.120. The Bertz CT molecular complexity index is 842. The maximum Gasteiger partial charge on any atom is 0.263 e. The van der Waals surface area contributed by atoms with Crippen LogP contribution in [0.4, 0.5) is 0 Å². The van der Waals surface area contributed by atoms with Gasteiger partial charge in [0, 0.05) is 25.1 Å². The summed E-state index contributed by atoms with van der Waals surface area (Å²) >= 11 is 2.86. The van der Waals surface area contributed by atoms with E-state index in [9.17, 15) is 9.59 Å². The van der Waals surface area contributed by atoms with Crippen molar-refractivity contribution in [1.82, 2.24) is 14.9 Å². The number of hydrogen-bond acceptors (Lipinski definition) is 6. The van der Waals surface area contributed by atoms with E-state index in [2.05, 4.69) is 19.2 Å². The molecular weight excluding hydrogens is 370 g/mol. The highest BCUT2D eigenvalue weighted by atomic mass is 32.2. The molecule has 26 heavy (non-hydrogen) atoms. The van der Waals surface area contributed by atoms with Crippen molar-refractivity contribution < 1.29 is 9.53 Å². The predicted octanol–water partition coefficient (Wildman–Crippen LogP) is 2.97. The van der Waals surface area contributed by atoms with Gasteiger partial charge in [-0.2, -0.15) is 0 Å². The third-order valence-electron chi connectivity index (χ3n) is 4.06. The number of ether oxygens (including phenoxy) is 1. The summed E-state index contributed by atoms with van der Waals surface area (Å²) in [4.78, 5) is 31.9. The number of aryl methyl sites for hydroxylation is 2. The molecule has 2 aromatic heterocycles. The monoisotopic (exact) mass is 397 g/mol. The number of rotatable bonds is 8. The number of carbonyl (C=O) groups excluding carboxylic acids is 1. The minimum Gasteiger partial charge on any atom is -0.383 e. The molecule has 0 bridgehead atoms. The normalized spacial score (nSPS) is 12.7. The summed E-state index contributed by atoms with van der Waals surface area (Å²) in [5.41, 5.74) is 0.988. The summed E-state index contributed by atoms with van der Waals surface area (Å²) in [6, 6.07) is 0. The van der Waals surface area contributed by atoms with Gasteiger partial charge in [0.05, 0.1) is 17.2 Å². The van der Waals surface area contributed by atoms with E-state index in [0.717, 1.165) is 15.3 Å². The molecule has 2 aromatic rings. The SMILES string of the molecule is COCCNC(=O)[C@@H](C)Sc1nc2sc(C)c(C)c2c(=O)n1CC(C)C. The van der Waals surface area contributed by atoms with Crippen molar-refractivity contribution in [3.8, 4) is 0 Å². The fraction of sp³-hybridized carbons (Fsp3) is 0.611. The van der Waals surface area contributed by atoms with Gasteiger partial charge in [-0.1, -0.05) is 25.6 Å². The molecular formula is C18H27N3O3S2. The Morgan fingerprint density at radius 2 is 2.04 bits per heavy atom. The molecule has 0 spiro atoms. The third kappa shape index (κ3) is 4.66. The van der Waals surface area contributed by atoms with E-state index in [-0.39, 0.29) is 16.7 Å². The van der Waals surface area contributed by atoms with Crippen LogP contribution >= 0.6 is 23.1 Å². The number of hydrogen-bond donors (Lipinski definition) is 1. The highest BCUT2D eigenvalue weighted by molar-refractivity contribution is 8.00. The Morgan fingerprint density at radius 1 is 1.35 bits per heavy atom. The van der Waals surface area contributed by atoms with Gasteiger partial charge in [0.2, 0.25) is 5.91 Å². The van der Waals surface area contributed by atoms with Crippen LogP contribution in [0.2, 0.25) is 0 Å². The molecule has 1 amide bonds. The number of thiophene rings is 1. The Balaban J connectivity index is 2.38. The van der Waals surface area contributed by atoms with Crippen LogP contribution in [0.1, 0.15) is 31.2 Å². The number of fused-ring (bicyclic) bond motifs is 1. The van der Waals surface area contributed by atoms with Crippen LogP contribution in [0.5, 0.6) is 0 Å². The molecule has 0 aliphatic carbocycles. The molecule has 1 N–H and O–H groups in total. The minimum absolute atomic E-state index is 0.0139. The smallest absolute Gasteiger partial charge is 0.263 e. The summed E-state index contributed by atoms with van der Waals surface area (Å²) in [6.45, 7) is 11.5. The van der Waals surface area contributed by atoms with Crippen molar-refractivity contribution in [2.75, 3.05) is 20.3 Å². The van der Waals surface area contributed by atoms with Crippen molar-refractivity contribution >= 4 is 39.2 Å². The average Bonchev–Trinajstić information content (AvgIpc) is 2.85. The van der Waals surface area contributed by atoms with Crippen molar-refractivity contribution in [2.45, 2.75) is 51.6 Å². The van der Waals surface area contributed by atoms with E-state index >= 15 is 0 Å². The molecule has 0 aliphatic rings. The van der Waals surface area contributed by atoms with Crippen molar-refractivity contribution in [2.24, 2.45) is 5.92 Å². The fourth-order valence-electron chi connectivity index (χ4n) is 2.56. The molecule has 0 aliphatic heterocycles. The van der Waals surface area contributed by atoms with E-state index in [1.807, 2.05) is 20.8 Å². The predicted molar refractivity (Wildman–Crippen MR) is 108 cm³/mol. The molecule has 144 valence electrons. The largest absolute Gasteiger partial charge is 0.383 e. The second kappa shape index (κ2) is 9.01. The Kier molecular flexibility index (Phi) is 7.25. The molecule has 0 aromatic carbocycles. The molecule has 6 nitrogen and oxygen atoms in total. The summed E-state index contributed by atoms with van der Waals surface area (Å²) in [7, 11) is 1.60. The van der Waals surface area contributed by atoms with Crippen LogP contribution in [0.3, 0.4) is 0 Å². The molecule has 8 heteroatoms. The molecule has 0 fully saturated rings. The first-order chi connectivity index (χ1) is 12.3. The zero-order valence-electron chi connectivity index (χ0n) is 16.2. The van der Waals surface area contributed by atoms with E-state index in [0.29, 0.717) is 36.2 Å². The Hall–Kier alpha value is -1.38. The van der Waals surface area contributed by atoms with E-state index in [1.54, 1.807) is 11.7 Å². The highest BCUT2D eigenvalue weighted by Gasteiger charge is 2.21. The van der Waals surface area contributed by atoms with Crippen molar-refractivity contribution in [3.05, 3.63) is 20.8 Å². The van der Waals surface area contributed by atoms with Crippen molar-refractivity contribution in [1.29, 1.82) is 0 Å². The number of nitrogens with one attached hydrogen (secondary N) is 1. The second-order valence-electron chi connectivity index (χ2n) is 6.71. The standard InChI is InChI=1S/C18H27N3O3S2/c1-10(2)9-21-17(23)14-11(3)12(4)25-16(14)20-18(21)26-13(5)15(22)19-7-8-24-6/h10,13H,7-9H2,1-6H3,(H,19,22)/t13-/m1/s1. The lowest BCUT2D eigenvalue weighted by Crippen LogP contribution is -2.34. The minimum atomic E-state index is -0.350. The summed E-state index contributed by atoms with van der Waals surface area (Å²) in [5.74, 6) is 0.216. The number of aromatic nitrogens is 2. The molecule has 0 unspecified atom stereocenters. The van der Waals surface area contributed by atoms with Crippen LogP contribution in [-0.4, -0.2) is 41.0 Å². The Morgan fingerprint density at radius 3 is 2.65 bits per heavy atom. The number of amides is 1. The summed E-state index contributed by atoms with van der Waals surface area (Å²) < 4.78 is 6.67. The maximum absolute atomic E-state index is 13.1. The molecule has 1 atom stereocenters. The first-order valence-corrected chi connectivity index (χ1v) is 10.4. The topological polar surface area (TPSA) is 73.2 Å². The van der Waals surface area contributed by atoms with Gasteiger partial charge in [0.1, 0.15) is 4.83 Å². The quantitative estimate of drug-likeness (QED) is 0.421. The van der Waals surface area contributed by atoms with Gasteiger partial charge in [-0.25, -0.2) is 4.98 Å². The Labute approximate surface area is 162 Å². The zero-order valence-corrected chi connectivity index (χ0v) is 17.8. The van der Waals surface area contributed by atoms with Gasteiger partial charge in [-0.05, 0) is 32.3 Å². The first-order valence-electron chi connectivity index (χ1n) is 8.70. The third-order valence-corrected chi connectivity index (χ3v) is 6.25. The molecule has 2 heterocycles. The van der Waals surface area contributed by atoms with E-state index < -0.39 is 0 Å². The lowest BCUT2D eigenvalue weighted by atomic mass is 10.2. The van der Waals surface area contributed by atoms with Gasteiger partial charge in [-0.15, -0.1) is 11.3 Å². The number of thioether (sulfide) groups is 1. The number of nitrogens with zero attached hydrogens (tertiary/aromatic N) is 2. The molecule has 0 radical (unpaired) electrons. The number of methoxy groups -OCH3 is 1. The molecule has 0 saturated heterocycles. The second-order valence-corrected chi connectivity index (χ2v) is 9.22. The summed E-state index contributed by atoms with van der Waals surface area (Å²) in [6.07, 6.45) is 0. The maximum atomic E-state index is 13.1.